The fourth-order valence-electron chi connectivity index (χ4n) is 1.55. The normalized spacial score (nSPS) is 10.7. The summed E-state index contributed by atoms with van der Waals surface area (Å²) in [4.78, 5) is 9.03. The van der Waals surface area contributed by atoms with Gasteiger partial charge in [-0.05, 0) is 23.6 Å². The van der Waals surface area contributed by atoms with Gasteiger partial charge >= 0.3 is 0 Å². The second-order valence-corrected chi connectivity index (χ2v) is 4.86. The number of hydrogen-bond donors (Lipinski definition) is 1. The van der Waals surface area contributed by atoms with Crippen molar-refractivity contribution in [1.82, 2.24) is 9.97 Å². The lowest BCUT2D eigenvalue weighted by Crippen LogP contribution is -1.97. The van der Waals surface area contributed by atoms with Crippen molar-refractivity contribution in [2.24, 2.45) is 0 Å². The number of fused-ring (bicyclic) bond motifs is 1. The summed E-state index contributed by atoms with van der Waals surface area (Å²) in [7, 11) is 0. The lowest BCUT2D eigenvalue weighted by Gasteiger charge is -2.07. The maximum absolute atomic E-state index is 6.04. The zero-order valence-corrected chi connectivity index (χ0v) is 10.7. The average Bonchev–Trinajstić information content (AvgIpc) is 2.80. The van der Waals surface area contributed by atoms with Crippen molar-refractivity contribution in [2.45, 2.75) is 0 Å². The van der Waals surface area contributed by atoms with Crippen LogP contribution in [-0.4, -0.2) is 9.97 Å². The number of nitrogens with zero attached hydrogens (tertiary/aromatic N) is 2. The minimum Gasteiger partial charge on any atom is -0.437 e. The van der Waals surface area contributed by atoms with Crippen molar-refractivity contribution in [2.75, 3.05) is 5.73 Å². The predicted octanol–water partition coefficient (Wildman–Crippen LogP) is 3.72. The highest BCUT2D eigenvalue weighted by Crippen LogP contribution is 2.33. The summed E-state index contributed by atoms with van der Waals surface area (Å²) in [5, 5.41) is 3.27. The molecule has 3 rings (SSSR count). The third-order valence-electron chi connectivity index (χ3n) is 2.35. The van der Waals surface area contributed by atoms with Crippen molar-refractivity contribution in [3.8, 4) is 11.6 Å². The standard InChI is InChI=1S/C12H8ClN3OS/c13-8-3-1-2-4-9(8)17-10-7-5-6-18-11(7)16-12(14)15-10/h1-6H,(H2,14,15,16). The van der Waals surface area contributed by atoms with E-state index in [0.29, 0.717) is 16.7 Å². The molecule has 1 aromatic carbocycles. The second-order valence-electron chi connectivity index (χ2n) is 3.56. The summed E-state index contributed by atoms with van der Waals surface area (Å²) in [5.41, 5.74) is 5.65. The number of para-hydroxylation sites is 1. The molecule has 0 spiro atoms. The minimum atomic E-state index is 0.187. The largest absolute Gasteiger partial charge is 0.437 e. The highest BCUT2D eigenvalue weighted by Gasteiger charge is 2.10. The van der Waals surface area contributed by atoms with Gasteiger partial charge in [0.1, 0.15) is 10.6 Å². The number of anilines is 1. The van der Waals surface area contributed by atoms with Gasteiger partial charge in [0.2, 0.25) is 11.8 Å². The summed E-state index contributed by atoms with van der Waals surface area (Å²) >= 11 is 7.53. The number of hydrogen-bond acceptors (Lipinski definition) is 5. The Kier molecular flexibility index (Phi) is 2.77. The molecule has 0 unspecified atom stereocenters. The van der Waals surface area contributed by atoms with E-state index in [1.807, 2.05) is 23.6 Å². The Balaban J connectivity index is 2.10. The van der Waals surface area contributed by atoms with Crippen LogP contribution < -0.4 is 10.5 Å². The smallest absolute Gasteiger partial charge is 0.232 e. The minimum absolute atomic E-state index is 0.187. The predicted molar refractivity (Wildman–Crippen MR) is 73.4 cm³/mol. The molecule has 6 heteroatoms. The topological polar surface area (TPSA) is 61.0 Å². The van der Waals surface area contributed by atoms with Gasteiger partial charge in [0.15, 0.2) is 0 Å². The SMILES string of the molecule is Nc1nc(Oc2ccccc2Cl)c2ccsc2n1. The molecule has 90 valence electrons. The molecule has 18 heavy (non-hydrogen) atoms. The van der Waals surface area contributed by atoms with E-state index in [1.54, 1.807) is 12.1 Å². The van der Waals surface area contributed by atoms with Crippen LogP contribution in [0.25, 0.3) is 10.2 Å². The van der Waals surface area contributed by atoms with Crippen LogP contribution in [-0.2, 0) is 0 Å². The molecule has 2 N–H and O–H groups in total. The van der Waals surface area contributed by atoms with E-state index >= 15 is 0 Å². The van der Waals surface area contributed by atoms with E-state index in [0.717, 1.165) is 10.2 Å². The Morgan fingerprint density at radius 3 is 2.83 bits per heavy atom. The van der Waals surface area contributed by atoms with Gasteiger partial charge < -0.3 is 10.5 Å². The van der Waals surface area contributed by atoms with Gasteiger partial charge in [-0.1, -0.05) is 23.7 Å². The molecule has 0 aliphatic carbocycles. The number of nitrogen functional groups attached to an aromatic ring is 1. The van der Waals surface area contributed by atoms with E-state index in [-0.39, 0.29) is 5.95 Å². The van der Waals surface area contributed by atoms with Crippen molar-refractivity contribution < 1.29 is 4.74 Å². The highest BCUT2D eigenvalue weighted by molar-refractivity contribution is 7.16. The van der Waals surface area contributed by atoms with E-state index < -0.39 is 0 Å². The fourth-order valence-corrected chi connectivity index (χ4v) is 2.49. The first-order valence-corrected chi connectivity index (χ1v) is 6.43. The number of ether oxygens (including phenoxy) is 1. The Hall–Kier alpha value is -1.85. The third kappa shape index (κ3) is 1.98. The molecule has 0 aliphatic rings. The average molecular weight is 278 g/mol. The van der Waals surface area contributed by atoms with Gasteiger partial charge in [0, 0.05) is 0 Å². The van der Waals surface area contributed by atoms with Crippen LogP contribution in [0.1, 0.15) is 0 Å². The summed E-state index contributed by atoms with van der Waals surface area (Å²) in [6, 6.07) is 9.11. The summed E-state index contributed by atoms with van der Waals surface area (Å²) in [6.45, 7) is 0. The lowest BCUT2D eigenvalue weighted by molar-refractivity contribution is 0.469. The first kappa shape index (κ1) is 11.3. The first-order chi connectivity index (χ1) is 8.74. The second kappa shape index (κ2) is 4.44. The van der Waals surface area contributed by atoms with Crippen LogP contribution in [0.5, 0.6) is 11.6 Å². The van der Waals surface area contributed by atoms with Gasteiger partial charge in [-0.3, -0.25) is 0 Å². The Bertz CT molecular complexity index is 713. The van der Waals surface area contributed by atoms with Gasteiger partial charge in [0.25, 0.3) is 0 Å². The van der Waals surface area contributed by atoms with Crippen molar-refractivity contribution in [3.05, 3.63) is 40.7 Å². The Morgan fingerprint density at radius 2 is 2.00 bits per heavy atom. The van der Waals surface area contributed by atoms with Crippen LogP contribution in [0.15, 0.2) is 35.7 Å². The van der Waals surface area contributed by atoms with Gasteiger partial charge in [-0.15, -0.1) is 11.3 Å². The van der Waals surface area contributed by atoms with E-state index in [4.69, 9.17) is 22.1 Å². The van der Waals surface area contributed by atoms with E-state index in [2.05, 4.69) is 9.97 Å². The monoisotopic (exact) mass is 277 g/mol. The zero-order chi connectivity index (χ0) is 12.5. The van der Waals surface area contributed by atoms with Crippen LogP contribution >= 0.6 is 22.9 Å². The Labute approximate surface area is 112 Å². The van der Waals surface area contributed by atoms with Crippen LogP contribution in [0.4, 0.5) is 5.95 Å². The molecule has 0 fully saturated rings. The molecule has 0 saturated heterocycles. The molecule has 0 radical (unpaired) electrons. The molecule has 0 atom stereocenters. The summed E-state index contributed by atoms with van der Waals surface area (Å²) in [5.74, 6) is 1.16. The zero-order valence-electron chi connectivity index (χ0n) is 9.13. The molecule has 2 aromatic heterocycles. The molecule has 0 amide bonds. The lowest BCUT2D eigenvalue weighted by atomic mass is 10.3. The highest BCUT2D eigenvalue weighted by atomic mass is 35.5. The third-order valence-corrected chi connectivity index (χ3v) is 3.47. The number of halogens is 1. The maximum atomic E-state index is 6.04. The maximum Gasteiger partial charge on any atom is 0.232 e. The Morgan fingerprint density at radius 1 is 1.17 bits per heavy atom. The fraction of sp³-hybridized carbons (Fsp3) is 0. The van der Waals surface area contributed by atoms with Crippen molar-refractivity contribution in [1.29, 1.82) is 0 Å². The number of nitrogens with two attached hydrogens (primary N) is 1. The van der Waals surface area contributed by atoms with Crippen molar-refractivity contribution in [3.63, 3.8) is 0 Å². The summed E-state index contributed by atoms with van der Waals surface area (Å²) < 4.78 is 5.71. The van der Waals surface area contributed by atoms with Gasteiger partial charge in [-0.25, -0.2) is 4.98 Å². The number of thiophene rings is 1. The van der Waals surface area contributed by atoms with Crippen LogP contribution in [0.3, 0.4) is 0 Å². The molecule has 0 bridgehead atoms. The van der Waals surface area contributed by atoms with Gasteiger partial charge in [-0.2, -0.15) is 4.98 Å². The molecular weight excluding hydrogens is 270 g/mol. The molecule has 2 heterocycles. The number of benzene rings is 1. The molecular formula is C12H8ClN3OS. The molecule has 4 nitrogen and oxygen atoms in total. The molecule has 0 aliphatic heterocycles. The van der Waals surface area contributed by atoms with Crippen LogP contribution in [0, 0.1) is 0 Å². The summed E-state index contributed by atoms with van der Waals surface area (Å²) in [6.07, 6.45) is 0. The number of aromatic nitrogens is 2. The number of rotatable bonds is 2. The molecule has 3 aromatic rings. The quantitative estimate of drug-likeness (QED) is 0.775. The van der Waals surface area contributed by atoms with Crippen LogP contribution in [0.2, 0.25) is 5.02 Å². The first-order valence-electron chi connectivity index (χ1n) is 5.17. The van der Waals surface area contributed by atoms with Crippen molar-refractivity contribution >= 4 is 39.1 Å². The van der Waals surface area contributed by atoms with Gasteiger partial charge in [0.05, 0.1) is 10.4 Å². The van der Waals surface area contributed by atoms with E-state index in [9.17, 15) is 0 Å². The van der Waals surface area contributed by atoms with E-state index in [1.165, 1.54) is 11.3 Å². The molecule has 0 saturated carbocycles.